The molecule has 0 fully saturated rings. The van der Waals surface area contributed by atoms with Crippen molar-refractivity contribution in [3.63, 3.8) is 0 Å². The average Bonchev–Trinajstić information content (AvgIpc) is 2.28. The van der Waals surface area contributed by atoms with Gasteiger partial charge in [-0.3, -0.25) is 0 Å². The second-order valence-corrected chi connectivity index (χ2v) is 3.79. The Kier molecular flexibility index (Phi) is 5.38. The lowest BCUT2D eigenvalue weighted by atomic mass is 10.1. The lowest BCUT2D eigenvalue weighted by Crippen LogP contribution is -1.87. The predicted molar refractivity (Wildman–Crippen MR) is 68.4 cm³/mol. The topological polar surface area (TPSA) is 37.3 Å². The van der Waals surface area contributed by atoms with Crippen LogP contribution in [0.5, 0.6) is 0 Å². The molecule has 1 N–H and O–H groups in total. The largest absolute Gasteiger partial charge is 0.478 e. The SMILES string of the molecule is O=C(O)/C=C/c1ccccc1C#CCCBr. The van der Waals surface area contributed by atoms with E-state index in [1.807, 2.05) is 24.3 Å². The second-order valence-electron chi connectivity index (χ2n) is 3.00. The third kappa shape index (κ3) is 4.33. The summed E-state index contributed by atoms with van der Waals surface area (Å²) in [6.45, 7) is 0. The zero-order valence-electron chi connectivity index (χ0n) is 8.61. The van der Waals surface area contributed by atoms with Crippen molar-refractivity contribution in [1.82, 2.24) is 0 Å². The van der Waals surface area contributed by atoms with Gasteiger partial charge < -0.3 is 5.11 Å². The number of aliphatic carboxylic acids is 1. The van der Waals surface area contributed by atoms with Gasteiger partial charge in [-0.05, 0) is 17.7 Å². The highest BCUT2D eigenvalue weighted by Gasteiger charge is 1.95. The van der Waals surface area contributed by atoms with E-state index in [2.05, 4.69) is 27.8 Å². The van der Waals surface area contributed by atoms with Gasteiger partial charge in [-0.25, -0.2) is 4.79 Å². The van der Waals surface area contributed by atoms with Crippen LogP contribution in [0.2, 0.25) is 0 Å². The number of rotatable bonds is 3. The van der Waals surface area contributed by atoms with Gasteiger partial charge in [0.1, 0.15) is 0 Å². The molecule has 0 unspecified atom stereocenters. The molecule has 0 aliphatic heterocycles. The monoisotopic (exact) mass is 278 g/mol. The fourth-order valence-corrected chi connectivity index (χ4v) is 1.32. The summed E-state index contributed by atoms with van der Waals surface area (Å²) in [5.41, 5.74) is 1.67. The first kappa shape index (κ1) is 12.5. The van der Waals surface area contributed by atoms with Gasteiger partial charge in [0.05, 0.1) is 0 Å². The third-order valence-corrected chi connectivity index (χ3v) is 2.21. The average molecular weight is 279 g/mol. The molecule has 0 saturated heterocycles. The molecule has 2 nitrogen and oxygen atoms in total. The van der Waals surface area contributed by atoms with Gasteiger partial charge in [-0.1, -0.05) is 46.0 Å². The van der Waals surface area contributed by atoms with Crippen LogP contribution in [-0.2, 0) is 4.79 Å². The van der Waals surface area contributed by atoms with Gasteiger partial charge in [0.15, 0.2) is 0 Å². The van der Waals surface area contributed by atoms with E-state index in [4.69, 9.17) is 5.11 Å². The maximum absolute atomic E-state index is 10.4. The van der Waals surface area contributed by atoms with Crippen molar-refractivity contribution in [2.75, 3.05) is 5.33 Å². The summed E-state index contributed by atoms with van der Waals surface area (Å²) in [4.78, 5) is 10.4. The van der Waals surface area contributed by atoms with E-state index in [1.54, 1.807) is 6.08 Å². The Balaban J connectivity index is 2.93. The Morgan fingerprint density at radius 3 is 2.88 bits per heavy atom. The molecule has 0 aliphatic carbocycles. The van der Waals surface area contributed by atoms with Crippen LogP contribution in [0.3, 0.4) is 0 Å². The molecule has 0 aromatic heterocycles. The van der Waals surface area contributed by atoms with Crippen molar-refractivity contribution in [3.05, 3.63) is 41.5 Å². The first-order chi connectivity index (χ1) is 7.74. The van der Waals surface area contributed by atoms with E-state index in [0.29, 0.717) is 0 Å². The van der Waals surface area contributed by atoms with E-state index in [9.17, 15) is 4.79 Å². The first-order valence-electron chi connectivity index (χ1n) is 4.79. The minimum absolute atomic E-state index is 0.775. The van der Waals surface area contributed by atoms with Crippen molar-refractivity contribution >= 4 is 28.0 Å². The predicted octanol–water partition coefficient (Wildman–Crippen LogP) is 2.92. The Bertz CT molecular complexity index is 452. The fourth-order valence-electron chi connectivity index (χ4n) is 1.12. The van der Waals surface area contributed by atoms with E-state index in [1.165, 1.54) is 0 Å². The Labute approximate surface area is 103 Å². The summed E-state index contributed by atoms with van der Waals surface area (Å²) in [6, 6.07) is 7.47. The van der Waals surface area contributed by atoms with Gasteiger partial charge in [0.2, 0.25) is 0 Å². The molecule has 0 atom stereocenters. The Morgan fingerprint density at radius 2 is 2.19 bits per heavy atom. The van der Waals surface area contributed by atoms with E-state index in [0.717, 1.165) is 29.0 Å². The van der Waals surface area contributed by atoms with Crippen molar-refractivity contribution in [1.29, 1.82) is 0 Å². The smallest absolute Gasteiger partial charge is 0.328 e. The lowest BCUT2D eigenvalue weighted by Gasteiger charge is -1.96. The highest BCUT2D eigenvalue weighted by molar-refractivity contribution is 9.09. The van der Waals surface area contributed by atoms with Gasteiger partial charge in [0.25, 0.3) is 0 Å². The van der Waals surface area contributed by atoms with Crippen LogP contribution in [0, 0.1) is 11.8 Å². The Morgan fingerprint density at radius 1 is 1.44 bits per heavy atom. The van der Waals surface area contributed by atoms with Crippen molar-refractivity contribution < 1.29 is 9.90 Å². The van der Waals surface area contributed by atoms with Gasteiger partial charge >= 0.3 is 5.97 Å². The van der Waals surface area contributed by atoms with Crippen LogP contribution in [0.4, 0.5) is 0 Å². The molecular formula is C13H11BrO2. The van der Waals surface area contributed by atoms with Crippen LogP contribution in [0.1, 0.15) is 17.5 Å². The zero-order chi connectivity index (χ0) is 11.8. The molecule has 1 aromatic rings. The number of hydrogen-bond donors (Lipinski definition) is 1. The maximum Gasteiger partial charge on any atom is 0.328 e. The summed E-state index contributed by atoms with van der Waals surface area (Å²) in [5.74, 6) is 5.06. The van der Waals surface area contributed by atoms with Crippen molar-refractivity contribution in [2.45, 2.75) is 6.42 Å². The molecule has 0 saturated carbocycles. The van der Waals surface area contributed by atoms with Crippen LogP contribution in [0.15, 0.2) is 30.3 Å². The summed E-state index contributed by atoms with van der Waals surface area (Å²) in [7, 11) is 0. The second kappa shape index (κ2) is 6.86. The standard InChI is InChI=1S/C13H11BrO2/c14-10-4-3-7-11-5-1-2-6-12(11)8-9-13(15)16/h1-2,5-6,8-9H,4,10H2,(H,15,16)/b9-8+. The third-order valence-electron chi connectivity index (χ3n) is 1.81. The molecule has 16 heavy (non-hydrogen) atoms. The van der Waals surface area contributed by atoms with Crippen LogP contribution < -0.4 is 0 Å². The van der Waals surface area contributed by atoms with Gasteiger partial charge in [0, 0.05) is 23.4 Å². The van der Waals surface area contributed by atoms with Crippen LogP contribution in [0.25, 0.3) is 6.08 Å². The van der Waals surface area contributed by atoms with E-state index in [-0.39, 0.29) is 0 Å². The minimum atomic E-state index is -0.955. The number of benzene rings is 1. The minimum Gasteiger partial charge on any atom is -0.478 e. The highest BCUT2D eigenvalue weighted by Crippen LogP contribution is 2.09. The lowest BCUT2D eigenvalue weighted by molar-refractivity contribution is -0.131. The molecule has 82 valence electrons. The normalized spacial score (nSPS) is 9.81. The highest BCUT2D eigenvalue weighted by atomic mass is 79.9. The number of halogens is 1. The summed E-state index contributed by atoms with van der Waals surface area (Å²) >= 11 is 3.30. The number of carboxylic acids is 1. The molecule has 1 aromatic carbocycles. The number of hydrogen-bond acceptors (Lipinski definition) is 1. The van der Waals surface area contributed by atoms with Gasteiger partial charge in [-0.2, -0.15) is 0 Å². The van der Waals surface area contributed by atoms with Crippen molar-refractivity contribution in [2.24, 2.45) is 0 Å². The summed E-state index contributed by atoms with van der Waals surface area (Å²) in [6.07, 6.45) is 3.45. The molecule has 1 rings (SSSR count). The fraction of sp³-hybridized carbons (Fsp3) is 0.154. The quantitative estimate of drug-likeness (QED) is 0.524. The number of carboxylic acid groups (broad SMARTS) is 1. The molecule has 0 spiro atoms. The summed E-state index contributed by atoms with van der Waals surface area (Å²) < 4.78 is 0. The molecular weight excluding hydrogens is 268 g/mol. The molecule has 0 radical (unpaired) electrons. The van der Waals surface area contributed by atoms with E-state index < -0.39 is 5.97 Å². The van der Waals surface area contributed by atoms with Crippen molar-refractivity contribution in [3.8, 4) is 11.8 Å². The molecule has 0 bridgehead atoms. The molecule has 3 heteroatoms. The Hall–Kier alpha value is -1.53. The molecule has 0 heterocycles. The van der Waals surface area contributed by atoms with Crippen LogP contribution >= 0.6 is 15.9 Å². The van der Waals surface area contributed by atoms with E-state index >= 15 is 0 Å². The first-order valence-corrected chi connectivity index (χ1v) is 5.91. The maximum atomic E-state index is 10.4. The number of carbonyl (C=O) groups is 1. The summed E-state index contributed by atoms with van der Waals surface area (Å²) in [5, 5.41) is 9.39. The van der Waals surface area contributed by atoms with Crippen LogP contribution in [-0.4, -0.2) is 16.4 Å². The molecule has 0 amide bonds. The zero-order valence-corrected chi connectivity index (χ0v) is 10.2. The van der Waals surface area contributed by atoms with Gasteiger partial charge in [-0.15, -0.1) is 0 Å². The number of alkyl halides is 1. The molecule has 0 aliphatic rings.